The Morgan fingerprint density at radius 1 is 1.19 bits per heavy atom. The minimum Gasteiger partial charge on any atom is -0.292 e. The predicted molar refractivity (Wildman–Crippen MR) is 79.4 cm³/mol. The predicted octanol–water partition coefficient (Wildman–Crippen LogP) is 4.52. The maximum Gasteiger partial charge on any atom is 0.269 e. The number of nitrogens with one attached hydrogen (secondary N) is 1. The first kappa shape index (κ1) is 17.5. The quantitative estimate of drug-likeness (QED) is 0.717. The molecule has 0 aliphatic carbocycles. The molecule has 2 amide bonds. The summed E-state index contributed by atoms with van der Waals surface area (Å²) in [5, 5.41) is 4.08. The highest BCUT2D eigenvalue weighted by Crippen LogP contribution is 2.19. The van der Waals surface area contributed by atoms with E-state index in [1.807, 2.05) is 0 Å². The fraction of sp³-hybridized carbons (Fsp3) is 0.467. The van der Waals surface area contributed by atoms with Crippen LogP contribution in [0.1, 0.15) is 55.1 Å². The van der Waals surface area contributed by atoms with Crippen molar-refractivity contribution < 1.29 is 18.4 Å². The molecule has 21 heavy (non-hydrogen) atoms. The molecule has 0 aliphatic rings. The van der Waals surface area contributed by atoms with Gasteiger partial charge >= 0.3 is 0 Å². The van der Waals surface area contributed by atoms with Crippen molar-refractivity contribution in [1.82, 2.24) is 5.32 Å². The van der Waals surface area contributed by atoms with Crippen LogP contribution >= 0.6 is 11.3 Å². The average Bonchev–Trinajstić information content (AvgIpc) is 2.96. The Balaban J connectivity index is 2.17. The Bertz CT molecular complexity index is 494. The van der Waals surface area contributed by atoms with E-state index in [9.17, 15) is 18.4 Å². The monoisotopic (exact) mass is 315 g/mol. The van der Waals surface area contributed by atoms with Gasteiger partial charge in [-0.05, 0) is 42.7 Å². The van der Waals surface area contributed by atoms with Crippen molar-refractivity contribution in [3.8, 4) is 0 Å². The molecule has 0 aliphatic heterocycles. The van der Waals surface area contributed by atoms with E-state index in [1.165, 1.54) is 11.3 Å². The average molecular weight is 315 g/mol. The summed E-state index contributed by atoms with van der Waals surface area (Å²) in [4.78, 5) is 23.7. The van der Waals surface area contributed by atoms with Gasteiger partial charge in [0.15, 0.2) is 0 Å². The second-order valence-electron chi connectivity index (χ2n) is 4.63. The zero-order valence-corrected chi connectivity index (χ0v) is 12.8. The van der Waals surface area contributed by atoms with E-state index in [0.29, 0.717) is 37.0 Å². The van der Waals surface area contributed by atoms with Crippen LogP contribution in [0.4, 0.5) is 8.78 Å². The van der Waals surface area contributed by atoms with Gasteiger partial charge in [-0.2, -0.15) is 8.78 Å². The summed E-state index contributed by atoms with van der Waals surface area (Å²) in [6, 6.07) is 3.39. The Hall–Kier alpha value is -1.56. The highest BCUT2D eigenvalue weighted by Gasteiger charge is 2.10. The van der Waals surface area contributed by atoms with Crippen LogP contribution < -0.4 is 5.32 Å². The molecule has 1 aromatic rings. The van der Waals surface area contributed by atoms with E-state index in [-0.39, 0.29) is 23.8 Å². The SMILES string of the molecule is CCC(CCCCCC(=O)NC(=O)c1cccs1)=C(F)F. The number of unbranched alkanes of at least 4 members (excludes halogenated alkanes) is 2. The Labute approximate surface area is 127 Å². The number of rotatable bonds is 8. The first-order valence-electron chi connectivity index (χ1n) is 6.95. The molecule has 1 aromatic heterocycles. The first-order chi connectivity index (χ1) is 10.0. The molecule has 6 heteroatoms. The van der Waals surface area contributed by atoms with Crippen molar-refractivity contribution in [2.24, 2.45) is 0 Å². The van der Waals surface area contributed by atoms with Gasteiger partial charge in [0.25, 0.3) is 12.0 Å². The number of hydrogen-bond acceptors (Lipinski definition) is 3. The summed E-state index contributed by atoms with van der Waals surface area (Å²) in [6.07, 6.45) is 1.29. The van der Waals surface area contributed by atoms with Gasteiger partial charge in [-0.1, -0.05) is 19.4 Å². The van der Waals surface area contributed by atoms with Crippen molar-refractivity contribution in [3.63, 3.8) is 0 Å². The molecule has 3 nitrogen and oxygen atoms in total. The number of thiophene rings is 1. The second-order valence-corrected chi connectivity index (χ2v) is 5.58. The lowest BCUT2D eigenvalue weighted by atomic mass is 10.1. The van der Waals surface area contributed by atoms with Crippen molar-refractivity contribution in [2.45, 2.75) is 45.4 Å². The number of allylic oxidation sites excluding steroid dienone is 1. The highest BCUT2D eigenvalue weighted by molar-refractivity contribution is 7.12. The minimum absolute atomic E-state index is 0.187. The summed E-state index contributed by atoms with van der Waals surface area (Å²) >= 11 is 1.27. The van der Waals surface area contributed by atoms with Gasteiger partial charge in [-0.25, -0.2) is 0 Å². The van der Waals surface area contributed by atoms with Gasteiger partial charge in [0.1, 0.15) is 0 Å². The first-order valence-corrected chi connectivity index (χ1v) is 7.83. The zero-order chi connectivity index (χ0) is 15.7. The molecule has 1 rings (SSSR count). The molecule has 1 N–H and O–H groups in total. The van der Waals surface area contributed by atoms with Gasteiger partial charge in [0.05, 0.1) is 4.88 Å². The Morgan fingerprint density at radius 2 is 1.90 bits per heavy atom. The lowest BCUT2D eigenvalue weighted by Gasteiger charge is -2.04. The molecule has 0 unspecified atom stereocenters. The van der Waals surface area contributed by atoms with Crippen molar-refractivity contribution in [1.29, 1.82) is 0 Å². The summed E-state index contributed by atoms with van der Waals surface area (Å²) in [5.41, 5.74) is 0.187. The topological polar surface area (TPSA) is 46.2 Å². The number of hydrogen-bond donors (Lipinski definition) is 1. The van der Waals surface area contributed by atoms with Crippen LogP contribution in [0, 0.1) is 0 Å². The van der Waals surface area contributed by atoms with Gasteiger partial charge in [0.2, 0.25) is 5.91 Å². The number of imide groups is 1. The molecule has 0 saturated heterocycles. The smallest absolute Gasteiger partial charge is 0.269 e. The van der Waals surface area contributed by atoms with E-state index in [0.717, 1.165) is 0 Å². The van der Waals surface area contributed by atoms with E-state index < -0.39 is 6.08 Å². The van der Waals surface area contributed by atoms with Crippen molar-refractivity contribution in [2.75, 3.05) is 0 Å². The fourth-order valence-electron chi connectivity index (χ4n) is 1.86. The molecule has 0 radical (unpaired) electrons. The van der Waals surface area contributed by atoms with Crippen LogP contribution in [0.2, 0.25) is 0 Å². The number of carbonyl (C=O) groups excluding carboxylic acids is 2. The zero-order valence-electron chi connectivity index (χ0n) is 12.0. The minimum atomic E-state index is -1.59. The number of amides is 2. The largest absolute Gasteiger partial charge is 0.292 e. The molecule has 0 saturated carbocycles. The van der Waals surface area contributed by atoms with Gasteiger partial charge in [0, 0.05) is 6.42 Å². The maximum atomic E-state index is 12.4. The number of carbonyl (C=O) groups is 2. The normalized spacial score (nSPS) is 10.2. The van der Waals surface area contributed by atoms with Crippen molar-refractivity contribution >= 4 is 23.2 Å². The molecule has 0 fully saturated rings. The van der Waals surface area contributed by atoms with Gasteiger partial charge < -0.3 is 0 Å². The molecule has 116 valence electrons. The fourth-order valence-corrected chi connectivity index (χ4v) is 2.48. The molecular formula is C15H19F2NO2S. The highest BCUT2D eigenvalue weighted by atomic mass is 32.1. The van der Waals surface area contributed by atoms with E-state index in [4.69, 9.17) is 0 Å². The Morgan fingerprint density at radius 3 is 2.48 bits per heavy atom. The lowest BCUT2D eigenvalue weighted by Crippen LogP contribution is -2.29. The Kier molecular flexibility index (Phi) is 7.82. The summed E-state index contributed by atoms with van der Waals surface area (Å²) < 4.78 is 24.8. The summed E-state index contributed by atoms with van der Waals surface area (Å²) in [7, 11) is 0. The van der Waals surface area contributed by atoms with Crippen molar-refractivity contribution in [3.05, 3.63) is 34.0 Å². The maximum absolute atomic E-state index is 12.4. The third-order valence-electron chi connectivity index (χ3n) is 3.07. The third kappa shape index (κ3) is 6.62. The van der Waals surface area contributed by atoms with Crippen LogP contribution in [0.15, 0.2) is 29.2 Å². The van der Waals surface area contributed by atoms with Crippen LogP contribution in [0.25, 0.3) is 0 Å². The summed E-state index contributed by atoms with van der Waals surface area (Å²) in [5.74, 6) is -0.706. The lowest BCUT2D eigenvalue weighted by molar-refractivity contribution is -0.120. The third-order valence-corrected chi connectivity index (χ3v) is 3.94. The van der Waals surface area contributed by atoms with E-state index >= 15 is 0 Å². The van der Waals surface area contributed by atoms with E-state index in [2.05, 4.69) is 5.32 Å². The molecule has 0 atom stereocenters. The van der Waals surface area contributed by atoms with Gasteiger partial charge in [-0.15, -0.1) is 11.3 Å². The molecule has 0 spiro atoms. The van der Waals surface area contributed by atoms with Crippen LogP contribution in [-0.2, 0) is 4.79 Å². The van der Waals surface area contributed by atoms with E-state index in [1.54, 1.807) is 24.4 Å². The summed E-state index contributed by atoms with van der Waals surface area (Å²) in [6.45, 7) is 1.71. The molecule has 0 bridgehead atoms. The molecule has 1 heterocycles. The molecular weight excluding hydrogens is 296 g/mol. The van der Waals surface area contributed by atoms with Crippen LogP contribution in [-0.4, -0.2) is 11.8 Å². The van der Waals surface area contributed by atoms with Gasteiger partial charge in [-0.3, -0.25) is 14.9 Å². The standard InChI is InChI=1S/C15H19F2NO2S/c1-2-11(14(16)17)7-4-3-5-9-13(19)18-15(20)12-8-6-10-21-12/h6,8,10H,2-5,7,9H2,1H3,(H,18,19,20). The second kappa shape index (κ2) is 9.39. The number of halogens is 2. The van der Waals surface area contributed by atoms with Crippen LogP contribution in [0.5, 0.6) is 0 Å². The molecule has 0 aromatic carbocycles. The van der Waals surface area contributed by atoms with Crippen LogP contribution in [0.3, 0.4) is 0 Å².